The zero-order valence-electron chi connectivity index (χ0n) is 43.1. The van der Waals surface area contributed by atoms with Crippen molar-refractivity contribution in [3.8, 4) is 0 Å². The van der Waals surface area contributed by atoms with Gasteiger partial charge in [-0.3, -0.25) is 28.3 Å². The summed E-state index contributed by atoms with van der Waals surface area (Å²) in [6.45, 7) is 21.0. The Kier molecular flexibility index (Phi) is 22.5. The molecule has 3 atom stereocenters. The van der Waals surface area contributed by atoms with Gasteiger partial charge in [0, 0.05) is 52.0 Å². The zero-order valence-corrected chi connectivity index (χ0v) is 46.1. The Morgan fingerprint density at radius 2 is 1.06 bits per heavy atom. The lowest BCUT2D eigenvalue weighted by Gasteiger charge is -2.18. The van der Waals surface area contributed by atoms with E-state index >= 15 is 0 Å². The van der Waals surface area contributed by atoms with Gasteiger partial charge >= 0.3 is 5.37 Å². The van der Waals surface area contributed by atoms with E-state index in [2.05, 4.69) is 46.8 Å². The van der Waals surface area contributed by atoms with E-state index in [1.807, 2.05) is 102 Å². The van der Waals surface area contributed by atoms with E-state index in [0.29, 0.717) is 79.3 Å². The number of fused-ring (bicyclic) bond motifs is 3. The van der Waals surface area contributed by atoms with Crippen molar-refractivity contribution in [1.82, 2.24) is 48.7 Å². The van der Waals surface area contributed by atoms with Gasteiger partial charge in [-0.1, -0.05) is 58.2 Å². The number of aliphatic hydroxyl groups excluding tert-OH is 1. The molecular weight excluding hydrogens is 998 g/mol. The van der Waals surface area contributed by atoms with Crippen molar-refractivity contribution in [2.75, 3.05) is 39.5 Å². The molecule has 3 aromatic heterocycles. The van der Waals surface area contributed by atoms with Crippen LogP contribution >= 0.6 is 46.4 Å². The van der Waals surface area contributed by atoms with Gasteiger partial charge in [-0.2, -0.15) is 0 Å². The van der Waals surface area contributed by atoms with Crippen LogP contribution < -0.4 is 0 Å². The van der Waals surface area contributed by atoms with E-state index in [-0.39, 0.29) is 29.8 Å². The summed E-state index contributed by atoms with van der Waals surface area (Å²) in [7, 11) is 0. The van der Waals surface area contributed by atoms with Gasteiger partial charge < -0.3 is 29.7 Å². The van der Waals surface area contributed by atoms with Crippen LogP contribution in [0.2, 0.25) is 15.9 Å². The van der Waals surface area contributed by atoms with E-state index in [4.69, 9.17) is 51.5 Å². The molecule has 392 valence electrons. The second-order valence-electron chi connectivity index (χ2n) is 18.9. The lowest BCUT2D eigenvalue weighted by Crippen LogP contribution is -2.28. The largest absolute Gasteiger partial charge is 0.376 e. The quantitative estimate of drug-likeness (QED) is 0.0852. The molecule has 3 aliphatic heterocycles. The second kappa shape index (κ2) is 27.9. The van der Waals surface area contributed by atoms with Gasteiger partial charge in [-0.15, -0.1) is 0 Å². The Hall–Kier alpha value is -4.93. The molecule has 6 aromatic rings. The summed E-state index contributed by atoms with van der Waals surface area (Å²) in [5.41, 5.74) is 9.18. The predicted molar refractivity (Wildman–Crippen MR) is 290 cm³/mol. The number of nitrogens with zero attached hydrogens (tertiary/aromatic N) is 9. The molecule has 0 radical (unpaired) electrons. The summed E-state index contributed by atoms with van der Waals surface area (Å²) >= 11 is 23.3. The number of amides is 4. The van der Waals surface area contributed by atoms with Crippen LogP contribution in [0.1, 0.15) is 109 Å². The molecule has 9 rings (SSSR count). The molecular formula is C53H72Cl4N10O5. The van der Waals surface area contributed by atoms with Crippen molar-refractivity contribution >= 4 is 103 Å². The number of aliphatic hydroxyl groups is 1. The molecule has 4 amide bonds. The molecule has 72 heavy (non-hydrogen) atoms. The first kappa shape index (κ1) is 58.0. The summed E-state index contributed by atoms with van der Waals surface area (Å²) in [4.78, 5) is 68.3. The summed E-state index contributed by atoms with van der Waals surface area (Å²) in [5, 5.41) is 9.70. The van der Waals surface area contributed by atoms with Crippen molar-refractivity contribution in [1.29, 1.82) is 0 Å². The number of carbonyl (C=O) groups is 4. The number of hydrogen-bond acceptors (Lipinski definition) is 8. The Labute approximate surface area is 444 Å². The lowest BCUT2D eigenvalue weighted by molar-refractivity contribution is -0.131. The Bertz CT molecular complexity index is 2750. The lowest BCUT2D eigenvalue weighted by atomic mass is 10.0. The first-order valence-electron chi connectivity index (χ1n) is 25.2. The number of benzene rings is 3. The first-order valence-corrected chi connectivity index (χ1v) is 26.7. The number of likely N-dealkylation sites (tertiary alicyclic amines) is 3. The van der Waals surface area contributed by atoms with Crippen molar-refractivity contribution < 1.29 is 24.3 Å². The zero-order chi connectivity index (χ0) is 52.6. The smallest absolute Gasteiger partial charge is 0.316 e. The highest BCUT2D eigenvalue weighted by Gasteiger charge is 2.31. The van der Waals surface area contributed by atoms with Crippen LogP contribution in [0, 0.1) is 38.5 Å². The number of aromatic amines is 1. The van der Waals surface area contributed by atoms with Crippen LogP contribution in [0.3, 0.4) is 0 Å². The third kappa shape index (κ3) is 16.0. The van der Waals surface area contributed by atoms with Crippen molar-refractivity contribution in [2.24, 2.45) is 17.8 Å². The molecule has 3 unspecified atom stereocenters. The molecule has 3 saturated heterocycles. The SMILES string of the molecule is CCCC1CC(=O)N(CO)C1.CCCC1CC(=O)N(Cn2c(Cl)nc3cc(C)ccc32)C1.CCCC1CC(=O)N(Cn2c(Cl)nc3ccc(C)cc32)C1.CCN(CC)C(=O)Cl.Cc1ccc2nc(Cl)[nH]c2c1. The van der Waals surface area contributed by atoms with Gasteiger partial charge in [-0.05, 0) is 171 Å². The third-order valence-corrected chi connectivity index (χ3v) is 14.1. The van der Waals surface area contributed by atoms with Crippen molar-refractivity contribution in [3.05, 3.63) is 87.1 Å². The normalized spacial score (nSPS) is 17.4. The Morgan fingerprint density at radius 1 is 0.611 bits per heavy atom. The number of rotatable bonds is 13. The summed E-state index contributed by atoms with van der Waals surface area (Å²) < 4.78 is 3.85. The maximum absolute atomic E-state index is 12.1. The predicted octanol–water partition coefficient (Wildman–Crippen LogP) is 12.0. The topological polar surface area (TPSA) is 166 Å². The molecule has 3 aromatic carbocycles. The van der Waals surface area contributed by atoms with Crippen molar-refractivity contribution in [2.45, 2.75) is 127 Å². The van der Waals surface area contributed by atoms with Gasteiger partial charge in [0.05, 0.1) is 33.1 Å². The Balaban J connectivity index is 0.000000176. The van der Waals surface area contributed by atoms with Crippen LogP contribution in [0.4, 0.5) is 4.79 Å². The molecule has 3 fully saturated rings. The minimum Gasteiger partial charge on any atom is -0.376 e. The van der Waals surface area contributed by atoms with Crippen LogP contribution in [-0.2, 0) is 27.7 Å². The standard InChI is InChI=1S/2C16H20ClN3O.C8H7ClN2.C8H15NO2.C5H10ClNO/c1-3-4-12-8-15(21)19(9-12)10-20-14-6-5-11(2)7-13(14)18-16(20)17;1-3-4-12-8-15(21)19(9-12)10-20-14-7-11(2)5-6-13(14)18-16(20)17;1-5-2-3-6-7(4-5)11-8(9)10-6;1-2-3-7-4-8(11)9(5-7)6-10;1-3-7(4-2)5(6)8/h2*5-7,12H,3-4,8-10H2,1-2H3;2-4H,1H3,(H,10,11);7,10H,2-6H2,1H3;3-4H2,1-2H3. The first-order chi connectivity index (χ1) is 34.4. The summed E-state index contributed by atoms with van der Waals surface area (Å²) in [5.74, 6) is 2.00. The van der Waals surface area contributed by atoms with Gasteiger partial charge in [0.25, 0.3) is 0 Å². The maximum atomic E-state index is 12.1. The highest BCUT2D eigenvalue weighted by molar-refractivity contribution is 6.62. The molecule has 15 nitrogen and oxygen atoms in total. The molecule has 3 aliphatic rings. The number of carbonyl (C=O) groups excluding carboxylic acids is 4. The number of nitrogens with one attached hydrogen (secondary N) is 1. The van der Waals surface area contributed by atoms with E-state index in [1.54, 1.807) is 4.90 Å². The van der Waals surface area contributed by atoms with Gasteiger partial charge in [-0.25, -0.2) is 15.0 Å². The van der Waals surface area contributed by atoms with Gasteiger partial charge in [0.1, 0.15) is 20.1 Å². The molecule has 0 spiro atoms. The average molecular weight is 1070 g/mol. The van der Waals surface area contributed by atoms with Crippen LogP contribution in [-0.4, -0.2) is 116 Å². The number of imidazole rings is 3. The highest BCUT2D eigenvalue weighted by Crippen LogP contribution is 2.29. The molecule has 19 heteroatoms. The van der Waals surface area contributed by atoms with E-state index in [0.717, 1.165) is 102 Å². The maximum Gasteiger partial charge on any atom is 0.316 e. The van der Waals surface area contributed by atoms with Crippen LogP contribution in [0.25, 0.3) is 33.1 Å². The monoisotopic (exact) mass is 1070 g/mol. The van der Waals surface area contributed by atoms with E-state index < -0.39 is 0 Å². The fourth-order valence-corrected chi connectivity index (χ4v) is 10.3. The van der Waals surface area contributed by atoms with Crippen LogP contribution in [0.15, 0.2) is 54.6 Å². The number of hydrogen-bond donors (Lipinski definition) is 2. The summed E-state index contributed by atoms with van der Waals surface area (Å²) in [6, 6.07) is 18.1. The number of H-pyrrole nitrogens is 1. The summed E-state index contributed by atoms with van der Waals surface area (Å²) in [6.07, 6.45) is 8.65. The molecule has 0 bridgehead atoms. The fraction of sp³-hybridized carbons (Fsp3) is 0.528. The second-order valence-corrected chi connectivity index (χ2v) is 20.3. The molecule has 0 aliphatic carbocycles. The highest BCUT2D eigenvalue weighted by atomic mass is 35.5. The number of aromatic nitrogens is 6. The third-order valence-electron chi connectivity index (χ3n) is 13.1. The fourth-order valence-electron chi connectivity index (χ4n) is 9.37. The molecule has 0 saturated carbocycles. The van der Waals surface area contributed by atoms with E-state index in [9.17, 15) is 19.2 Å². The minimum atomic E-state index is -0.366. The Morgan fingerprint density at radius 3 is 1.53 bits per heavy atom. The van der Waals surface area contributed by atoms with Crippen molar-refractivity contribution in [3.63, 3.8) is 0 Å². The molecule has 6 heterocycles. The van der Waals surface area contributed by atoms with Gasteiger partial charge in [0.2, 0.25) is 33.6 Å². The van der Waals surface area contributed by atoms with Crippen LogP contribution in [0.5, 0.6) is 0 Å². The van der Waals surface area contributed by atoms with Gasteiger partial charge in [0.15, 0.2) is 0 Å². The van der Waals surface area contributed by atoms with E-state index in [1.165, 1.54) is 10.5 Å². The minimum absolute atomic E-state index is 0.103. The number of halogens is 4. The molecule has 2 N–H and O–H groups in total. The number of aryl methyl sites for hydroxylation is 3. The average Bonchev–Trinajstić information content (AvgIpc) is 4.18.